The number of nitrogens with one attached hydrogen (secondary N) is 2. The number of benzene rings is 2. The number of amides is 2. The van der Waals surface area contributed by atoms with Crippen LogP contribution >= 0.6 is 27.7 Å². The van der Waals surface area contributed by atoms with Crippen molar-refractivity contribution in [3.63, 3.8) is 0 Å². The van der Waals surface area contributed by atoms with E-state index >= 15 is 0 Å². The Morgan fingerprint density at radius 3 is 2.64 bits per heavy atom. The molecular weight excluding hydrogens is 444 g/mol. The van der Waals surface area contributed by atoms with Gasteiger partial charge in [0.15, 0.2) is 11.5 Å². The van der Waals surface area contributed by atoms with Crippen LogP contribution in [-0.2, 0) is 9.59 Å². The molecule has 2 aromatic rings. The number of hydrogen-bond donors (Lipinski definition) is 2. The van der Waals surface area contributed by atoms with Crippen LogP contribution in [0.4, 0.5) is 5.69 Å². The number of fused-ring (bicyclic) bond motifs is 1. The van der Waals surface area contributed by atoms with Crippen molar-refractivity contribution in [1.29, 1.82) is 0 Å². The van der Waals surface area contributed by atoms with E-state index in [-0.39, 0.29) is 24.1 Å². The predicted octanol–water partition coefficient (Wildman–Crippen LogP) is 3.77. The zero-order chi connectivity index (χ0) is 19.9. The summed E-state index contributed by atoms with van der Waals surface area (Å²) in [4.78, 5) is 25.0. The van der Waals surface area contributed by atoms with Crippen molar-refractivity contribution in [1.82, 2.24) is 5.32 Å². The normalized spacial score (nSPS) is 12.8. The molecule has 0 aromatic heterocycles. The van der Waals surface area contributed by atoms with Gasteiger partial charge in [-0.05, 0) is 48.9 Å². The van der Waals surface area contributed by atoms with Gasteiger partial charge in [-0.2, -0.15) is 0 Å². The highest BCUT2D eigenvalue weighted by Gasteiger charge is 2.12. The second-order valence-electron chi connectivity index (χ2n) is 6.23. The van der Waals surface area contributed by atoms with E-state index in [1.807, 2.05) is 43.3 Å². The van der Waals surface area contributed by atoms with Crippen molar-refractivity contribution < 1.29 is 19.1 Å². The molecule has 1 heterocycles. The van der Waals surface area contributed by atoms with Gasteiger partial charge in [0.25, 0.3) is 0 Å². The fourth-order valence-corrected chi connectivity index (χ4v) is 3.80. The number of thioether (sulfide) groups is 1. The smallest absolute Gasteiger partial charge is 0.243 e. The Morgan fingerprint density at radius 1 is 1.07 bits per heavy atom. The van der Waals surface area contributed by atoms with Gasteiger partial charge in [0.1, 0.15) is 0 Å². The van der Waals surface area contributed by atoms with Crippen molar-refractivity contribution >= 4 is 45.2 Å². The summed E-state index contributed by atoms with van der Waals surface area (Å²) < 4.78 is 12.2. The number of rotatable bonds is 6. The molecule has 2 amide bonds. The third-order valence-electron chi connectivity index (χ3n) is 4.00. The number of carbonyl (C=O) groups excluding carboxylic acids is 2. The maximum Gasteiger partial charge on any atom is 0.243 e. The minimum Gasteiger partial charge on any atom is -0.490 e. The first-order valence-corrected chi connectivity index (χ1v) is 10.6. The van der Waals surface area contributed by atoms with Gasteiger partial charge in [0, 0.05) is 21.5 Å². The van der Waals surface area contributed by atoms with Gasteiger partial charge in [-0.25, -0.2) is 0 Å². The number of halogens is 1. The molecule has 0 aliphatic carbocycles. The van der Waals surface area contributed by atoms with E-state index in [0.29, 0.717) is 19.0 Å². The van der Waals surface area contributed by atoms with E-state index in [4.69, 9.17) is 9.47 Å². The summed E-state index contributed by atoms with van der Waals surface area (Å²) in [5.74, 6) is 1.17. The van der Waals surface area contributed by atoms with E-state index in [0.717, 1.165) is 32.8 Å². The lowest BCUT2D eigenvalue weighted by atomic mass is 10.2. The molecule has 1 aliphatic heterocycles. The summed E-state index contributed by atoms with van der Waals surface area (Å²) in [6.45, 7) is 3.10. The quantitative estimate of drug-likeness (QED) is 0.636. The lowest BCUT2D eigenvalue weighted by Crippen LogP contribution is -2.34. The highest BCUT2D eigenvalue weighted by Crippen LogP contribution is 2.33. The van der Waals surface area contributed by atoms with Crippen molar-refractivity contribution in [3.8, 4) is 11.5 Å². The van der Waals surface area contributed by atoms with Crippen LogP contribution in [0.15, 0.2) is 45.8 Å². The van der Waals surface area contributed by atoms with E-state index < -0.39 is 0 Å². The molecule has 3 rings (SSSR count). The van der Waals surface area contributed by atoms with Crippen LogP contribution in [0.25, 0.3) is 0 Å². The molecule has 0 saturated carbocycles. The third-order valence-corrected chi connectivity index (χ3v) is 5.48. The molecule has 0 atom stereocenters. The Bertz CT molecular complexity index is 875. The van der Waals surface area contributed by atoms with E-state index in [9.17, 15) is 9.59 Å². The number of carbonyl (C=O) groups is 2. The average Bonchev–Trinajstić information content (AvgIpc) is 2.92. The SMILES string of the molecule is Cc1cc(Br)ccc1NC(=O)CNC(=O)CSc1ccc2c(c1)OCCCO2. The first-order valence-electron chi connectivity index (χ1n) is 8.86. The minimum atomic E-state index is -0.264. The van der Waals surface area contributed by atoms with E-state index in [1.165, 1.54) is 11.8 Å². The summed E-state index contributed by atoms with van der Waals surface area (Å²) in [7, 11) is 0. The molecule has 148 valence electrons. The molecule has 0 unspecified atom stereocenters. The average molecular weight is 465 g/mol. The fourth-order valence-electron chi connectivity index (χ4n) is 2.57. The number of anilines is 1. The first-order chi connectivity index (χ1) is 13.5. The molecule has 0 bridgehead atoms. The number of ether oxygens (including phenoxy) is 2. The van der Waals surface area contributed by atoms with Crippen molar-refractivity contribution in [2.45, 2.75) is 18.2 Å². The van der Waals surface area contributed by atoms with E-state index in [2.05, 4.69) is 26.6 Å². The summed E-state index contributed by atoms with van der Waals surface area (Å²) in [6, 6.07) is 11.2. The zero-order valence-electron chi connectivity index (χ0n) is 15.4. The highest BCUT2D eigenvalue weighted by molar-refractivity contribution is 9.10. The zero-order valence-corrected chi connectivity index (χ0v) is 17.8. The van der Waals surface area contributed by atoms with Crippen molar-refractivity contribution in [2.24, 2.45) is 0 Å². The van der Waals surface area contributed by atoms with Crippen LogP contribution in [0.1, 0.15) is 12.0 Å². The second kappa shape index (κ2) is 9.84. The molecule has 0 saturated heterocycles. The Labute approximate surface area is 176 Å². The first kappa shape index (κ1) is 20.5. The highest BCUT2D eigenvalue weighted by atomic mass is 79.9. The lowest BCUT2D eigenvalue weighted by molar-refractivity contribution is -0.122. The van der Waals surface area contributed by atoms with Crippen molar-refractivity contribution in [3.05, 3.63) is 46.4 Å². The molecule has 8 heteroatoms. The molecule has 2 aromatic carbocycles. The monoisotopic (exact) mass is 464 g/mol. The molecule has 28 heavy (non-hydrogen) atoms. The van der Waals surface area contributed by atoms with Crippen LogP contribution in [-0.4, -0.2) is 37.3 Å². The standard InChI is InChI=1S/C20H21BrN2O4S/c1-13-9-14(21)3-5-16(13)23-19(24)11-22-20(25)12-28-15-4-6-17-18(10-15)27-8-2-7-26-17/h3-6,9-10H,2,7-8,11-12H2,1H3,(H,22,25)(H,23,24). The molecule has 0 fully saturated rings. The predicted molar refractivity (Wildman–Crippen MR) is 113 cm³/mol. The van der Waals surface area contributed by atoms with Crippen LogP contribution in [0.5, 0.6) is 11.5 Å². The minimum absolute atomic E-state index is 0.0734. The Kier molecular flexibility index (Phi) is 7.22. The second-order valence-corrected chi connectivity index (χ2v) is 8.20. The Balaban J connectivity index is 1.44. The Hall–Kier alpha value is -2.19. The van der Waals surface area contributed by atoms with E-state index in [1.54, 1.807) is 0 Å². The largest absolute Gasteiger partial charge is 0.490 e. The summed E-state index contributed by atoms with van der Waals surface area (Å²) in [5.41, 5.74) is 1.67. The summed E-state index contributed by atoms with van der Waals surface area (Å²) >= 11 is 4.77. The van der Waals surface area contributed by atoms with Gasteiger partial charge in [0.05, 0.1) is 25.5 Å². The van der Waals surface area contributed by atoms with Gasteiger partial charge >= 0.3 is 0 Å². The maximum atomic E-state index is 12.1. The molecule has 6 nitrogen and oxygen atoms in total. The van der Waals surface area contributed by atoms with Gasteiger partial charge in [-0.1, -0.05) is 15.9 Å². The van der Waals surface area contributed by atoms with Crippen LogP contribution in [0.3, 0.4) is 0 Å². The molecule has 2 N–H and O–H groups in total. The van der Waals surface area contributed by atoms with Gasteiger partial charge in [-0.15, -0.1) is 11.8 Å². The Morgan fingerprint density at radius 2 is 1.86 bits per heavy atom. The summed E-state index contributed by atoms with van der Waals surface area (Å²) in [5, 5.41) is 5.43. The third kappa shape index (κ3) is 5.90. The molecule has 0 radical (unpaired) electrons. The molecule has 1 aliphatic rings. The van der Waals surface area contributed by atoms with Gasteiger partial charge < -0.3 is 20.1 Å². The number of aryl methyl sites for hydroxylation is 1. The van der Waals surface area contributed by atoms with Gasteiger partial charge in [-0.3, -0.25) is 9.59 Å². The van der Waals surface area contributed by atoms with Crippen LogP contribution < -0.4 is 20.1 Å². The van der Waals surface area contributed by atoms with Crippen molar-refractivity contribution in [2.75, 3.05) is 30.8 Å². The lowest BCUT2D eigenvalue weighted by Gasteiger charge is -2.10. The summed E-state index contributed by atoms with van der Waals surface area (Å²) in [6.07, 6.45) is 0.849. The molecule has 0 spiro atoms. The van der Waals surface area contributed by atoms with Crippen LogP contribution in [0, 0.1) is 6.92 Å². The van der Waals surface area contributed by atoms with Gasteiger partial charge in [0.2, 0.25) is 11.8 Å². The maximum absolute atomic E-state index is 12.1. The van der Waals surface area contributed by atoms with Crippen LogP contribution in [0.2, 0.25) is 0 Å². The number of hydrogen-bond acceptors (Lipinski definition) is 5. The molecular formula is C20H21BrN2O4S. The fraction of sp³-hybridized carbons (Fsp3) is 0.300. The topological polar surface area (TPSA) is 76.7 Å².